The number of carbonyl (C=O) groups excluding carboxylic acids is 2. The number of cyclic esters (lactones) is 1. The van der Waals surface area contributed by atoms with Gasteiger partial charge in [-0.2, -0.15) is 8.75 Å². The number of nitrogens with zero attached hydrogens (tertiary/aromatic N) is 2. The van der Waals surface area contributed by atoms with Gasteiger partial charge in [-0.1, -0.05) is 42.0 Å². The van der Waals surface area contributed by atoms with Crippen LogP contribution in [0.4, 0.5) is 0 Å². The Bertz CT molecular complexity index is 1920. The monoisotopic (exact) mass is 640 g/mol. The van der Waals surface area contributed by atoms with E-state index >= 15 is 0 Å². The fourth-order valence-corrected chi connectivity index (χ4v) is 5.63. The fraction of sp³-hybridized carbons (Fsp3) is 0.200. The minimum atomic E-state index is -1.91. The van der Waals surface area contributed by atoms with Gasteiger partial charge in [-0.05, 0) is 60.5 Å². The van der Waals surface area contributed by atoms with Crippen LogP contribution >= 0.6 is 11.7 Å². The number of fused-ring (bicyclic) bond motifs is 1. The molecule has 0 amide bonds. The number of rotatable bonds is 9. The second kappa shape index (κ2) is 13.8. The van der Waals surface area contributed by atoms with Gasteiger partial charge in [0.25, 0.3) is 5.79 Å². The molecule has 0 radical (unpaired) electrons. The molecule has 0 aliphatic carbocycles. The lowest BCUT2D eigenvalue weighted by Gasteiger charge is -2.26. The highest BCUT2D eigenvalue weighted by molar-refractivity contribution is 7.00. The van der Waals surface area contributed by atoms with Crippen molar-refractivity contribution in [3.63, 3.8) is 0 Å². The number of aldehydes is 1. The Morgan fingerprint density at radius 1 is 0.783 bits per heavy atom. The lowest BCUT2D eigenvalue weighted by atomic mass is 9.87. The molecule has 0 bridgehead atoms. The highest BCUT2D eigenvalue weighted by Crippen LogP contribution is 2.45. The van der Waals surface area contributed by atoms with Gasteiger partial charge < -0.3 is 28.8 Å². The smallest absolute Gasteiger partial charge is 0.342 e. The van der Waals surface area contributed by atoms with Crippen molar-refractivity contribution in [2.24, 2.45) is 0 Å². The molecule has 0 saturated carbocycles. The van der Waals surface area contributed by atoms with Gasteiger partial charge in [-0.25, -0.2) is 4.79 Å². The summed E-state index contributed by atoms with van der Waals surface area (Å²) in [6.45, 7) is 1.96. The molecule has 4 aromatic carbocycles. The summed E-state index contributed by atoms with van der Waals surface area (Å²) in [5.41, 5.74) is 5.71. The SMILES string of the molecule is COc1ccc(C=O)cc1OC.COc1ccc(CC2=C(c3ccc4nsnc4c3)C(=O)OC2(O)c2ccc(C)cc2)cc1OC. The summed E-state index contributed by atoms with van der Waals surface area (Å²) >= 11 is 1.11. The Morgan fingerprint density at radius 2 is 1.41 bits per heavy atom. The van der Waals surface area contributed by atoms with E-state index in [4.69, 9.17) is 23.7 Å². The molecule has 11 heteroatoms. The highest BCUT2D eigenvalue weighted by atomic mass is 32.1. The molecule has 46 heavy (non-hydrogen) atoms. The van der Waals surface area contributed by atoms with Gasteiger partial charge in [0, 0.05) is 23.1 Å². The van der Waals surface area contributed by atoms with Crippen molar-refractivity contribution in [1.82, 2.24) is 8.75 Å². The van der Waals surface area contributed by atoms with Crippen molar-refractivity contribution in [3.05, 3.63) is 112 Å². The normalized spacial score (nSPS) is 15.6. The van der Waals surface area contributed by atoms with Crippen LogP contribution in [0.2, 0.25) is 0 Å². The quantitative estimate of drug-likeness (QED) is 0.153. The molecule has 236 valence electrons. The fourth-order valence-electron chi connectivity index (χ4n) is 5.11. The summed E-state index contributed by atoms with van der Waals surface area (Å²) in [4.78, 5) is 23.6. The summed E-state index contributed by atoms with van der Waals surface area (Å²) in [5.74, 6) is -0.162. The van der Waals surface area contributed by atoms with E-state index in [1.807, 2.05) is 37.3 Å². The molecular weight excluding hydrogens is 608 g/mol. The van der Waals surface area contributed by atoms with Crippen molar-refractivity contribution in [1.29, 1.82) is 0 Å². The maximum atomic E-state index is 13.2. The summed E-state index contributed by atoms with van der Waals surface area (Å²) in [5, 5.41) is 11.8. The Morgan fingerprint density at radius 3 is 2.07 bits per heavy atom. The standard InChI is InChI=1S/C26H22N2O5S.C9H10O3/c1-15-4-8-18(9-5-15)26(30)19(12-16-6-11-22(31-2)23(13-16)32-3)24(25(29)33-26)17-7-10-20-21(14-17)28-34-27-20;1-11-8-4-3-7(6-10)5-9(8)12-2/h4-11,13-14,30H,12H2,1-3H3;3-6H,1-2H3. The first-order chi connectivity index (χ1) is 22.2. The largest absolute Gasteiger partial charge is 0.493 e. The van der Waals surface area contributed by atoms with Crippen LogP contribution in [0, 0.1) is 6.92 Å². The van der Waals surface area contributed by atoms with E-state index in [-0.39, 0.29) is 6.42 Å². The Hall–Kier alpha value is -5.26. The molecule has 0 fully saturated rings. The lowest BCUT2D eigenvalue weighted by Crippen LogP contribution is -2.29. The molecule has 0 saturated heterocycles. The Kier molecular flexibility index (Phi) is 9.64. The zero-order chi connectivity index (χ0) is 32.8. The van der Waals surface area contributed by atoms with Crippen molar-refractivity contribution >= 4 is 40.6 Å². The average molecular weight is 641 g/mol. The minimum Gasteiger partial charge on any atom is -0.493 e. The zero-order valence-corrected chi connectivity index (χ0v) is 26.7. The zero-order valence-electron chi connectivity index (χ0n) is 25.9. The minimum absolute atomic E-state index is 0.249. The highest BCUT2D eigenvalue weighted by Gasteiger charge is 2.48. The number of hydrogen-bond donors (Lipinski definition) is 1. The van der Waals surface area contributed by atoms with Gasteiger partial charge in [-0.15, -0.1) is 0 Å². The molecule has 5 aromatic rings. The summed E-state index contributed by atoms with van der Waals surface area (Å²) in [6.07, 6.45) is 1.01. The summed E-state index contributed by atoms with van der Waals surface area (Å²) in [6, 6.07) is 23.2. The predicted octanol–water partition coefficient (Wildman–Crippen LogP) is 5.93. The second-order valence-electron chi connectivity index (χ2n) is 10.3. The first-order valence-corrected chi connectivity index (χ1v) is 14.8. The van der Waals surface area contributed by atoms with Crippen LogP contribution in [0.15, 0.2) is 84.4 Å². The van der Waals surface area contributed by atoms with Crippen molar-refractivity contribution in [3.8, 4) is 23.0 Å². The van der Waals surface area contributed by atoms with Crippen molar-refractivity contribution in [2.75, 3.05) is 28.4 Å². The predicted molar refractivity (Wildman–Crippen MR) is 174 cm³/mol. The number of aliphatic hydroxyl groups is 1. The molecule has 2 heterocycles. The first-order valence-electron chi connectivity index (χ1n) is 14.1. The van der Waals surface area contributed by atoms with Crippen LogP contribution in [0.1, 0.15) is 32.6 Å². The van der Waals surface area contributed by atoms with Gasteiger partial charge in [0.05, 0.1) is 45.7 Å². The maximum absolute atomic E-state index is 13.2. The molecule has 10 nitrogen and oxygen atoms in total. The molecule has 1 aromatic heterocycles. The Labute approximate surface area is 270 Å². The number of esters is 1. The van der Waals surface area contributed by atoms with E-state index < -0.39 is 11.8 Å². The number of ether oxygens (including phenoxy) is 5. The lowest BCUT2D eigenvalue weighted by molar-refractivity contribution is -0.185. The van der Waals surface area contributed by atoms with E-state index in [2.05, 4.69) is 8.75 Å². The van der Waals surface area contributed by atoms with Crippen LogP contribution in [-0.2, 0) is 21.7 Å². The second-order valence-corrected chi connectivity index (χ2v) is 10.8. The van der Waals surface area contributed by atoms with Gasteiger partial charge >= 0.3 is 5.97 Å². The average Bonchev–Trinajstić information content (AvgIpc) is 3.65. The molecule has 1 aliphatic rings. The number of aryl methyl sites for hydroxylation is 1. The van der Waals surface area contributed by atoms with Gasteiger partial charge in [0.2, 0.25) is 0 Å². The van der Waals surface area contributed by atoms with Crippen LogP contribution < -0.4 is 18.9 Å². The molecule has 1 unspecified atom stereocenters. The third-order valence-corrected chi connectivity index (χ3v) is 8.07. The van der Waals surface area contributed by atoms with Crippen molar-refractivity contribution in [2.45, 2.75) is 19.1 Å². The van der Waals surface area contributed by atoms with Gasteiger partial charge in [0.15, 0.2) is 23.0 Å². The van der Waals surface area contributed by atoms with E-state index in [0.29, 0.717) is 56.4 Å². The first kappa shape index (κ1) is 32.1. The molecule has 0 spiro atoms. The van der Waals surface area contributed by atoms with E-state index in [9.17, 15) is 14.7 Å². The van der Waals surface area contributed by atoms with Crippen molar-refractivity contribution < 1.29 is 38.4 Å². The van der Waals surface area contributed by atoms with E-state index in [1.54, 1.807) is 69.9 Å². The van der Waals surface area contributed by atoms with Crippen LogP contribution in [0.25, 0.3) is 16.6 Å². The molecule has 6 rings (SSSR count). The summed E-state index contributed by atoms with van der Waals surface area (Å²) < 4.78 is 35.0. The molecule has 1 atom stereocenters. The van der Waals surface area contributed by atoms with Gasteiger partial charge in [-0.3, -0.25) is 4.79 Å². The summed E-state index contributed by atoms with van der Waals surface area (Å²) in [7, 11) is 6.22. The number of methoxy groups -OCH3 is 4. The topological polar surface area (TPSA) is 126 Å². The number of hydrogen-bond acceptors (Lipinski definition) is 11. The van der Waals surface area contributed by atoms with Crippen LogP contribution in [-0.4, -0.2) is 54.5 Å². The number of benzene rings is 4. The van der Waals surface area contributed by atoms with Crippen LogP contribution in [0.3, 0.4) is 0 Å². The van der Waals surface area contributed by atoms with E-state index in [0.717, 1.165) is 34.7 Å². The van der Waals surface area contributed by atoms with E-state index in [1.165, 1.54) is 7.11 Å². The van der Waals surface area contributed by atoms with Gasteiger partial charge in [0.1, 0.15) is 17.3 Å². The molecular formula is C35H32N2O8S. The molecule has 1 N–H and O–H groups in total. The Balaban J connectivity index is 0.000000293. The third-order valence-electron chi connectivity index (χ3n) is 7.51. The third kappa shape index (κ3) is 6.42. The number of carbonyl (C=O) groups is 2. The molecule has 1 aliphatic heterocycles. The number of aromatic nitrogens is 2. The maximum Gasteiger partial charge on any atom is 0.342 e. The van der Waals surface area contributed by atoms with Crippen LogP contribution in [0.5, 0.6) is 23.0 Å².